The second-order valence-corrected chi connectivity index (χ2v) is 5.12. The van der Waals surface area contributed by atoms with Crippen LogP contribution in [-0.2, 0) is 19.2 Å². The lowest BCUT2D eigenvalue weighted by Gasteiger charge is -2.23. The summed E-state index contributed by atoms with van der Waals surface area (Å²) in [4.78, 5) is 37.5. The number of carboxylic acid groups (broad SMARTS) is 4. The Morgan fingerprint density at radius 3 is 0.586 bits per heavy atom. The summed E-state index contributed by atoms with van der Waals surface area (Å²) in [5.41, 5.74) is -1.11. The molecule has 0 spiro atoms. The van der Waals surface area contributed by atoms with Crippen LogP contribution in [0.25, 0.3) is 0 Å². The van der Waals surface area contributed by atoms with Crippen molar-refractivity contribution in [3.05, 3.63) is 0 Å². The lowest BCUT2D eigenvalue weighted by atomic mass is 9.93. The van der Waals surface area contributed by atoms with Crippen molar-refractivity contribution < 1.29 is 60.0 Å². The van der Waals surface area contributed by atoms with E-state index in [9.17, 15) is 19.2 Å². The number of aliphatic carboxylic acids is 4. The van der Waals surface area contributed by atoms with Gasteiger partial charge in [-0.15, -0.1) is 0 Å². The Bertz CT molecular complexity index is 332. The molecular formula is C17H36O12. The third-order valence-electron chi connectivity index (χ3n) is 2.55. The molecule has 0 aliphatic heterocycles. The highest BCUT2D eigenvalue weighted by atomic mass is 16.4. The van der Waals surface area contributed by atoms with Crippen molar-refractivity contribution >= 4 is 23.9 Å². The van der Waals surface area contributed by atoms with Gasteiger partial charge in [-0.25, -0.2) is 0 Å². The van der Waals surface area contributed by atoms with Crippen LogP contribution < -0.4 is 0 Å². The average molecular weight is 432 g/mol. The lowest BCUT2D eigenvalue weighted by molar-refractivity contribution is -0.137. The zero-order valence-corrected chi connectivity index (χ0v) is 17.4. The minimum atomic E-state index is -1.11. The van der Waals surface area contributed by atoms with E-state index in [1.54, 1.807) is 27.7 Å². The van der Waals surface area contributed by atoms with Gasteiger partial charge in [0.05, 0.1) is 31.8 Å². The molecule has 12 heteroatoms. The maximum Gasteiger partial charge on any atom is 0.303 e. The smallest absolute Gasteiger partial charge is 0.303 e. The Labute approximate surface area is 170 Å². The topological polar surface area (TPSA) is 230 Å². The van der Waals surface area contributed by atoms with Crippen LogP contribution >= 0.6 is 0 Å². The number of hydrogen-bond acceptors (Lipinski definition) is 8. The van der Waals surface area contributed by atoms with Gasteiger partial charge in [-0.1, -0.05) is 27.7 Å². The molecule has 0 aliphatic rings. The van der Waals surface area contributed by atoms with Gasteiger partial charge in [0.15, 0.2) is 0 Å². The molecule has 0 aromatic carbocycles. The van der Waals surface area contributed by atoms with E-state index in [1.807, 2.05) is 0 Å². The molecule has 0 radical (unpaired) electrons. The molecule has 29 heavy (non-hydrogen) atoms. The van der Waals surface area contributed by atoms with Crippen LogP contribution in [0.2, 0.25) is 0 Å². The van der Waals surface area contributed by atoms with Gasteiger partial charge in [0.2, 0.25) is 0 Å². The predicted octanol–water partition coefficient (Wildman–Crippen LogP) is -0.134. The zero-order valence-electron chi connectivity index (χ0n) is 17.4. The molecule has 176 valence electrons. The normalized spacial score (nSPS) is 8.83. The molecule has 0 unspecified atom stereocenters. The van der Waals surface area contributed by atoms with Crippen LogP contribution in [0.4, 0.5) is 0 Å². The Balaban J connectivity index is -0.0000000853. The second kappa shape index (κ2) is 27.9. The fraction of sp³-hybridized carbons (Fsp3) is 0.765. The summed E-state index contributed by atoms with van der Waals surface area (Å²) >= 11 is 0. The van der Waals surface area contributed by atoms with Gasteiger partial charge >= 0.3 is 23.9 Å². The van der Waals surface area contributed by atoms with Crippen LogP contribution in [0.1, 0.15) is 53.4 Å². The van der Waals surface area contributed by atoms with Gasteiger partial charge in [-0.3, -0.25) is 19.2 Å². The van der Waals surface area contributed by atoms with Crippen LogP contribution in [-0.4, -0.2) is 91.2 Å². The number of aliphatic hydroxyl groups excluding tert-OH is 4. The Kier molecular flexibility index (Phi) is 36.1. The minimum absolute atomic E-state index is 0.222. The maximum atomic E-state index is 9.37. The van der Waals surface area contributed by atoms with Crippen molar-refractivity contribution in [3.8, 4) is 0 Å². The third-order valence-corrected chi connectivity index (χ3v) is 2.55. The Hall–Kier alpha value is -2.28. The van der Waals surface area contributed by atoms with E-state index in [-0.39, 0.29) is 25.7 Å². The van der Waals surface area contributed by atoms with E-state index in [4.69, 9.17) is 40.9 Å². The molecule has 0 heterocycles. The highest BCUT2D eigenvalue weighted by Gasteiger charge is 2.26. The van der Waals surface area contributed by atoms with Crippen LogP contribution in [0.3, 0.4) is 0 Å². The first-order chi connectivity index (χ1) is 13.3. The Morgan fingerprint density at radius 1 is 0.483 bits per heavy atom. The SMILES string of the molecule is CCC(=O)O.CCC(=O)O.CCC(=O)O.CCC(=O)O.OCC(CO)(CO)CO. The molecule has 0 aromatic heterocycles. The standard InChI is InChI=1S/C5H12O4.4C3H6O2/c6-1-5(2-7,3-8)4-9;4*1-2-3(4)5/h6-9H,1-4H2;4*2H2,1H3,(H,4,5). The molecule has 0 rings (SSSR count). The molecule has 0 saturated heterocycles. The third kappa shape index (κ3) is 46.1. The maximum absolute atomic E-state index is 9.37. The number of rotatable bonds is 8. The van der Waals surface area contributed by atoms with E-state index in [0.29, 0.717) is 0 Å². The van der Waals surface area contributed by atoms with Crippen molar-refractivity contribution in [2.45, 2.75) is 53.4 Å². The molecule has 0 atom stereocenters. The van der Waals surface area contributed by atoms with E-state index >= 15 is 0 Å². The summed E-state index contributed by atoms with van der Waals surface area (Å²) in [7, 11) is 0. The van der Waals surface area contributed by atoms with Gasteiger partial charge < -0.3 is 40.9 Å². The molecule has 8 N–H and O–H groups in total. The first kappa shape index (κ1) is 37.5. The van der Waals surface area contributed by atoms with Crippen molar-refractivity contribution in [2.24, 2.45) is 5.41 Å². The van der Waals surface area contributed by atoms with Crippen molar-refractivity contribution in [2.75, 3.05) is 26.4 Å². The summed E-state index contributed by atoms with van der Waals surface area (Å²) in [5.74, 6) is -2.98. The van der Waals surface area contributed by atoms with Crippen LogP contribution in [0, 0.1) is 5.41 Å². The van der Waals surface area contributed by atoms with Gasteiger partial charge in [-0.2, -0.15) is 0 Å². The number of carboxylic acids is 4. The van der Waals surface area contributed by atoms with Gasteiger partial charge in [0, 0.05) is 25.7 Å². The quantitative estimate of drug-likeness (QED) is 0.250. The molecule has 12 nitrogen and oxygen atoms in total. The van der Waals surface area contributed by atoms with Gasteiger partial charge in [-0.05, 0) is 0 Å². The first-order valence-electron chi connectivity index (χ1n) is 8.63. The van der Waals surface area contributed by atoms with Gasteiger partial charge in [0.1, 0.15) is 0 Å². The second-order valence-electron chi connectivity index (χ2n) is 5.12. The fourth-order valence-electron chi connectivity index (χ4n) is 0.300. The molecule has 0 saturated carbocycles. The fourth-order valence-corrected chi connectivity index (χ4v) is 0.300. The van der Waals surface area contributed by atoms with E-state index in [2.05, 4.69) is 0 Å². The van der Waals surface area contributed by atoms with Crippen LogP contribution in [0.5, 0.6) is 0 Å². The Morgan fingerprint density at radius 2 is 0.586 bits per heavy atom. The number of hydrogen-bond donors (Lipinski definition) is 8. The summed E-state index contributed by atoms with van der Waals surface area (Å²) < 4.78 is 0. The van der Waals surface area contributed by atoms with E-state index in [1.165, 1.54) is 0 Å². The first-order valence-corrected chi connectivity index (χ1v) is 8.63. The zero-order chi connectivity index (χ0) is 24.5. The van der Waals surface area contributed by atoms with Crippen molar-refractivity contribution in [1.82, 2.24) is 0 Å². The lowest BCUT2D eigenvalue weighted by Crippen LogP contribution is -2.37. The predicted molar refractivity (Wildman–Crippen MR) is 102 cm³/mol. The summed E-state index contributed by atoms with van der Waals surface area (Å²) in [6.45, 7) is 4.77. The average Bonchev–Trinajstić information content (AvgIpc) is 2.71. The monoisotopic (exact) mass is 432 g/mol. The minimum Gasteiger partial charge on any atom is -0.481 e. The highest BCUT2D eigenvalue weighted by Crippen LogP contribution is 2.11. The summed E-state index contributed by atoms with van der Waals surface area (Å²) in [6.07, 6.45) is 0.889. The molecule has 0 amide bonds. The van der Waals surface area contributed by atoms with Crippen molar-refractivity contribution in [3.63, 3.8) is 0 Å². The van der Waals surface area contributed by atoms with E-state index in [0.717, 1.165) is 0 Å². The van der Waals surface area contributed by atoms with E-state index < -0.39 is 55.7 Å². The van der Waals surface area contributed by atoms with Crippen LogP contribution in [0.15, 0.2) is 0 Å². The summed E-state index contributed by atoms with van der Waals surface area (Å²) in [5, 5.41) is 64.9. The number of aliphatic hydroxyl groups is 4. The van der Waals surface area contributed by atoms with Crippen molar-refractivity contribution in [1.29, 1.82) is 0 Å². The molecule has 0 aliphatic carbocycles. The highest BCUT2D eigenvalue weighted by molar-refractivity contribution is 5.66. The number of carbonyl (C=O) groups is 4. The molecule has 0 aromatic rings. The largest absolute Gasteiger partial charge is 0.481 e. The van der Waals surface area contributed by atoms with Gasteiger partial charge in [0.25, 0.3) is 0 Å². The molecule has 0 bridgehead atoms. The molecular weight excluding hydrogens is 396 g/mol. The summed E-state index contributed by atoms with van der Waals surface area (Å²) in [6, 6.07) is 0. The molecule has 0 fully saturated rings.